The monoisotopic (exact) mass is 194 g/mol. The molecule has 0 aromatic heterocycles. The first-order chi connectivity index (χ1) is 6.51. The summed E-state index contributed by atoms with van der Waals surface area (Å²) in [5.74, 6) is 0.615. The average molecular weight is 194 g/mol. The third-order valence-corrected chi connectivity index (χ3v) is 2.96. The highest BCUT2D eigenvalue weighted by atomic mass is 16.2. The van der Waals surface area contributed by atoms with E-state index in [-0.39, 0.29) is 5.91 Å². The molecular formula is C11H18N2O. The van der Waals surface area contributed by atoms with Crippen molar-refractivity contribution in [1.82, 2.24) is 4.90 Å². The van der Waals surface area contributed by atoms with Crippen LogP contribution < -0.4 is 0 Å². The zero-order valence-corrected chi connectivity index (χ0v) is 9.21. The van der Waals surface area contributed by atoms with Gasteiger partial charge >= 0.3 is 0 Å². The van der Waals surface area contributed by atoms with E-state index in [0.29, 0.717) is 5.92 Å². The lowest BCUT2D eigenvalue weighted by atomic mass is 9.94. The molecule has 78 valence electrons. The predicted octanol–water partition coefficient (Wildman–Crippen LogP) is 1.79. The second-order valence-corrected chi connectivity index (χ2v) is 4.55. The highest BCUT2D eigenvalue weighted by molar-refractivity contribution is 5.84. The minimum Gasteiger partial charge on any atom is -0.341 e. The van der Waals surface area contributed by atoms with Crippen LogP contribution in [0, 0.1) is 22.7 Å². The van der Waals surface area contributed by atoms with Crippen LogP contribution in [0.15, 0.2) is 0 Å². The molecule has 1 aliphatic heterocycles. The summed E-state index contributed by atoms with van der Waals surface area (Å²) >= 11 is 0. The fourth-order valence-electron chi connectivity index (χ4n) is 1.79. The minimum atomic E-state index is -0.859. The molecule has 0 aliphatic carbocycles. The van der Waals surface area contributed by atoms with E-state index < -0.39 is 5.41 Å². The number of nitrogens with zero attached hydrogens (tertiary/aromatic N) is 2. The number of carbonyl (C=O) groups is 1. The van der Waals surface area contributed by atoms with Crippen molar-refractivity contribution >= 4 is 5.91 Å². The Bertz CT molecular complexity index is 265. The van der Waals surface area contributed by atoms with Gasteiger partial charge in [0.05, 0.1) is 6.07 Å². The van der Waals surface area contributed by atoms with Gasteiger partial charge in [-0.1, -0.05) is 13.3 Å². The summed E-state index contributed by atoms with van der Waals surface area (Å²) in [7, 11) is 0. The second kappa shape index (κ2) is 4.00. The van der Waals surface area contributed by atoms with Crippen LogP contribution in [0.1, 0.15) is 33.6 Å². The van der Waals surface area contributed by atoms with Crippen LogP contribution in [0.3, 0.4) is 0 Å². The molecule has 1 heterocycles. The van der Waals surface area contributed by atoms with Crippen LogP contribution in [0.2, 0.25) is 0 Å². The van der Waals surface area contributed by atoms with E-state index in [1.807, 2.05) is 4.90 Å². The summed E-state index contributed by atoms with van der Waals surface area (Å²) in [6.07, 6.45) is 2.21. The summed E-state index contributed by atoms with van der Waals surface area (Å²) in [6.45, 7) is 7.18. The maximum atomic E-state index is 11.9. The Morgan fingerprint density at radius 2 is 2.29 bits per heavy atom. The van der Waals surface area contributed by atoms with Crippen molar-refractivity contribution in [1.29, 1.82) is 5.26 Å². The zero-order chi connectivity index (χ0) is 10.8. The first-order valence-corrected chi connectivity index (χ1v) is 5.22. The van der Waals surface area contributed by atoms with Gasteiger partial charge < -0.3 is 4.90 Å². The molecule has 0 bridgehead atoms. The highest BCUT2D eigenvalue weighted by Crippen LogP contribution is 2.25. The lowest BCUT2D eigenvalue weighted by Gasteiger charge is -2.23. The molecule has 0 saturated carbocycles. The number of nitriles is 1. The SMILES string of the molecule is CCC1CCN(C(=O)C(C)(C)C#N)C1. The molecule has 14 heavy (non-hydrogen) atoms. The number of hydrogen-bond acceptors (Lipinski definition) is 2. The number of carbonyl (C=O) groups excluding carboxylic acids is 1. The molecule has 1 amide bonds. The molecule has 0 aromatic rings. The van der Waals surface area contributed by atoms with E-state index in [0.717, 1.165) is 25.9 Å². The van der Waals surface area contributed by atoms with Crippen LogP contribution in [0.5, 0.6) is 0 Å². The molecule has 1 aliphatic rings. The third kappa shape index (κ3) is 2.06. The molecule has 0 radical (unpaired) electrons. The maximum absolute atomic E-state index is 11.9. The van der Waals surface area contributed by atoms with Gasteiger partial charge in [-0.2, -0.15) is 5.26 Å². The van der Waals surface area contributed by atoms with Crippen LogP contribution in [-0.4, -0.2) is 23.9 Å². The number of amides is 1. The fourth-order valence-corrected chi connectivity index (χ4v) is 1.79. The standard InChI is InChI=1S/C11H18N2O/c1-4-9-5-6-13(7-9)10(14)11(2,3)8-12/h9H,4-7H2,1-3H3. The lowest BCUT2D eigenvalue weighted by molar-refractivity contribution is -0.136. The van der Waals surface area contributed by atoms with Crippen molar-refractivity contribution in [2.24, 2.45) is 11.3 Å². The van der Waals surface area contributed by atoms with Crippen LogP contribution >= 0.6 is 0 Å². The van der Waals surface area contributed by atoms with Crippen molar-refractivity contribution in [2.75, 3.05) is 13.1 Å². The van der Waals surface area contributed by atoms with Crippen molar-refractivity contribution in [3.8, 4) is 6.07 Å². The summed E-state index contributed by atoms with van der Waals surface area (Å²) in [4.78, 5) is 13.7. The van der Waals surface area contributed by atoms with Crippen LogP contribution in [-0.2, 0) is 4.79 Å². The van der Waals surface area contributed by atoms with Gasteiger partial charge in [-0.25, -0.2) is 0 Å². The van der Waals surface area contributed by atoms with Crippen molar-refractivity contribution < 1.29 is 4.79 Å². The minimum absolute atomic E-state index is 0.0176. The Kier molecular flexibility index (Phi) is 3.15. The number of rotatable bonds is 2. The number of hydrogen-bond donors (Lipinski definition) is 0. The van der Waals surface area contributed by atoms with Gasteiger partial charge in [-0.05, 0) is 26.2 Å². The molecule has 1 fully saturated rings. The summed E-state index contributed by atoms with van der Waals surface area (Å²) in [6, 6.07) is 2.06. The molecule has 1 saturated heterocycles. The molecule has 0 N–H and O–H groups in total. The normalized spacial score (nSPS) is 22.1. The van der Waals surface area contributed by atoms with Crippen molar-refractivity contribution in [3.05, 3.63) is 0 Å². The Morgan fingerprint density at radius 1 is 1.64 bits per heavy atom. The quantitative estimate of drug-likeness (QED) is 0.672. The van der Waals surface area contributed by atoms with Gasteiger partial charge in [0, 0.05) is 13.1 Å². The fraction of sp³-hybridized carbons (Fsp3) is 0.818. The largest absolute Gasteiger partial charge is 0.341 e. The van der Waals surface area contributed by atoms with E-state index >= 15 is 0 Å². The molecular weight excluding hydrogens is 176 g/mol. The van der Waals surface area contributed by atoms with E-state index in [1.54, 1.807) is 13.8 Å². The zero-order valence-electron chi connectivity index (χ0n) is 9.21. The predicted molar refractivity (Wildman–Crippen MR) is 54.4 cm³/mol. The van der Waals surface area contributed by atoms with Crippen LogP contribution in [0.25, 0.3) is 0 Å². The third-order valence-electron chi connectivity index (χ3n) is 2.96. The summed E-state index contributed by atoms with van der Waals surface area (Å²) in [5.41, 5.74) is -0.859. The van der Waals surface area contributed by atoms with Gasteiger partial charge in [-0.3, -0.25) is 4.79 Å². The van der Waals surface area contributed by atoms with Gasteiger partial charge in [0.2, 0.25) is 5.91 Å². The van der Waals surface area contributed by atoms with Crippen molar-refractivity contribution in [3.63, 3.8) is 0 Å². The highest BCUT2D eigenvalue weighted by Gasteiger charge is 2.35. The number of likely N-dealkylation sites (tertiary alicyclic amines) is 1. The molecule has 0 aromatic carbocycles. The van der Waals surface area contributed by atoms with Crippen LogP contribution in [0.4, 0.5) is 0 Å². The summed E-state index contributed by atoms with van der Waals surface area (Å²) in [5, 5.41) is 8.85. The Labute approximate surface area is 85.7 Å². The summed E-state index contributed by atoms with van der Waals surface area (Å²) < 4.78 is 0. The Hall–Kier alpha value is -1.04. The van der Waals surface area contributed by atoms with Gasteiger partial charge in [0.25, 0.3) is 0 Å². The van der Waals surface area contributed by atoms with E-state index in [9.17, 15) is 4.79 Å². The molecule has 1 rings (SSSR count). The Balaban J connectivity index is 2.61. The lowest BCUT2D eigenvalue weighted by Crippen LogP contribution is -2.38. The van der Waals surface area contributed by atoms with E-state index in [4.69, 9.17) is 5.26 Å². The molecule has 0 spiro atoms. The van der Waals surface area contributed by atoms with Gasteiger partial charge in [-0.15, -0.1) is 0 Å². The molecule has 1 unspecified atom stereocenters. The topological polar surface area (TPSA) is 44.1 Å². The second-order valence-electron chi connectivity index (χ2n) is 4.55. The Morgan fingerprint density at radius 3 is 2.71 bits per heavy atom. The average Bonchev–Trinajstić information content (AvgIpc) is 2.64. The smallest absolute Gasteiger partial charge is 0.242 e. The first kappa shape index (κ1) is 11.0. The van der Waals surface area contributed by atoms with Crippen molar-refractivity contribution in [2.45, 2.75) is 33.6 Å². The maximum Gasteiger partial charge on any atom is 0.242 e. The first-order valence-electron chi connectivity index (χ1n) is 5.22. The van der Waals surface area contributed by atoms with Gasteiger partial charge in [0.1, 0.15) is 5.41 Å². The molecule has 3 nitrogen and oxygen atoms in total. The molecule has 3 heteroatoms. The van der Waals surface area contributed by atoms with E-state index in [2.05, 4.69) is 13.0 Å². The van der Waals surface area contributed by atoms with E-state index in [1.165, 1.54) is 0 Å². The van der Waals surface area contributed by atoms with Gasteiger partial charge in [0.15, 0.2) is 0 Å². The molecule has 1 atom stereocenters.